The Bertz CT molecular complexity index is 1710. The Balaban J connectivity index is 1.04. The Labute approximate surface area is 335 Å². The van der Waals surface area contributed by atoms with Crippen LogP contribution in [0.5, 0.6) is 0 Å². The van der Waals surface area contributed by atoms with Crippen LogP contribution in [0, 0.1) is 0 Å². The molecular formula is C37H46N2O20. The smallest absolute Gasteiger partial charge is 0.407 e. The molecule has 2 aromatic rings. The summed E-state index contributed by atoms with van der Waals surface area (Å²) in [5.41, 5.74) is 4.18. The molecule has 3 saturated heterocycles. The first-order valence-corrected chi connectivity index (χ1v) is 18.5. The van der Waals surface area contributed by atoms with E-state index in [-0.39, 0.29) is 38.6 Å². The van der Waals surface area contributed by atoms with Crippen molar-refractivity contribution in [3.63, 3.8) is 0 Å². The number of ether oxygens (including phenoxy) is 9. The molecule has 2 aromatic carbocycles. The maximum atomic E-state index is 12.6. The molecule has 6 rings (SSSR count). The second-order valence-electron chi connectivity index (χ2n) is 13.9. The van der Waals surface area contributed by atoms with Gasteiger partial charge in [-0.15, -0.1) is 0 Å². The molecule has 3 fully saturated rings. The minimum absolute atomic E-state index is 0.0497. The zero-order chi connectivity index (χ0) is 42.4. The van der Waals surface area contributed by atoms with Crippen LogP contribution in [0.25, 0.3) is 11.1 Å². The van der Waals surface area contributed by atoms with Crippen LogP contribution in [0.2, 0.25) is 0 Å². The lowest BCUT2D eigenvalue weighted by Gasteiger charge is -2.48. The molecule has 4 aliphatic rings. The van der Waals surface area contributed by atoms with Crippen molar-refractivity contribution in [2.24, 2.45) is 0 Å². The summed E-state index contributed by atoms with van der Waals surface area (Å²) in [5, 5.41) is 79.4. The van der Waals surface area contributed by atoms with Gasteiger partial charge in [-0.1, -0.05) is 48.5 Å². The van der Waals surface area contributed by atoms with E-state index in [2.05, 4.69) is 15.4 Å². The van der Waals surface area contributed by atoms with Crippen molar-refractivity contribution < 1.29 is 97.6 Å². The number of benzene rings is 2. The lowest BCUT2D eigenvalue weighted by atomic mass is 9.95. The van der Waals surface area contributed by atoms with E-state index in [1.807, 2.05) is 48.5 Å². The van der Waals surface area contributed by atoms with Crippen LogP contribution in [0.3, 0.4) is 0 Å². The quantitative estimate of drug-likeness (QED) is 0.0448. The van der Waals surface area contributed by atoms with Crippen LogP contribution in [0.4, 0.5) is 4.79 Å². The summed E-state index contributed by atoms with van der Waals surface area (Å²) in [6, 6.07) is 14.1. The fourth-order valence-corrected chi connectivity index (χ4v) is 7.38. The Morgan fingerprint density at radius 1 is 0.695 bits per heavy atom. The van der Waals surface area contributed by atoms with Gasteiger partial charge in [0, 0.05) is 19.4 Å². The molecule has 15 atom stereocenters. The number of carbonyl (C=O) groups excluding carboxylic acids is 4. The molecule has 324 valence electrons. The average Bonchev–Trinajstić information content (AvgIpc) is 3.55. The number of hydrogen-bond donors (Lipinski definition) is 9. The number of aliphatic hydroxyl groups is 7. The fraction of sp³-hybridized carbons (Fsp3) is 0.568. The van der Waals surface area contributed by atoms with Gasteiger partial charge in [0.2, 0.25) is 18.5 Å². The lowest BCUT2D eigenvalue weighted by molar-refractivity contribution is -0.389. The van der Waals surface area contributed by atoms with Crippen molar-refractivity contribution in [3.8, 4) is 11.1 Å². The molecule has 0 radical (unpaired) electrons. The normalized spacial score (nSPS) is 35.4. The predicted octanol–water partition coefficient (Wildman–Crippen LogP) is -3.59. The Kier molecular flexibility index (Phi) is 14.8. The minimum Gasteiger partial charge on any atom is -0.449 e. The van der Waals surface area contributed by atoms with Crippen molar-refractivity contribution >= 4 is 24.9 Å². The van der Waals surface area contributed by atoms with E-state index in [9.17, 15) is 54.9 Å². The zero-order valence-electron chi connectivity index (χ0n) is 31.3. The number of alkyl carbamates (subject to hydrolysis) is 1. The highest BCUT2D eigenvalue weighted by Crippen LogP contribution is 2.44. The third-order valence-electron chi connectivity index (χ3n) is 10.2. The number of carbonyl (C=O) groups is 4. The van der Waals surface area contributed by atoms with Crippen molar-refractivity contribution in [2.75, 3.05) is 26.4 Å². The Morgan fingerprint density at radius 2 is 1.27 bits per heavy atom. The van der Waals surface area contributed by atoms with Gasteiger partial charge in [-0.3, -0.25) is 14.4 Å². The maximum absolute atomic E-state index is 12.6. The molecule has 3 heterocycles. The highest BCUT2D eigenvalue weighted by atomic mass is 16.8. The summed E-state index contributed by atoms with van der Waals surface area (Å²) in [6.07, 6.45) is -26.3. The summed E-state index contributed by atoms with van der Waals surface area (Å²) in [5.74, 6) is -0.919. The van der Waals surface area contributed by atoms with E-state index in [1.165, 1.54) is 0 Å². The molecular weight excluding hydrogens is 792 g/mol. The minimum atomic E-state index is -1.98. The number of rotatable bonds is 16. The summed E-state index contributed by atoms with van der Waals surface area (Å²) in [4.78, 5) is 47.2. The number of aliphatic hydroxyl groups excluding tert-OH is 7. The number of nitrogens with one attached hydrogen (secondary N) is 2. The molecule has 0 aromatic heterocycles. The summed E-state index contributed by atoms with van der Waals surface area (Å²) in [7, 11) is 0. The molecule has 0 bridgehead atoms. The molecule has 1 aliphatic carbocycles. The number of amides is 2. The predicted molar refractivity (Wildman–Crippen MR) is 190 cm³/mol. The molecule has 0 saturated carbocycles. The van der Waals surface area contributed by atoms with E-state index in [0.717, 1.165) is 29.2 Å². The number of hydrogen-bond acceptors (Lipinski definition) is 20. The van der Waals surface area contributed by atoms with E-state index < -0.39 is 111 Å². The van der Waals surface area contributed by atoms with Gasteiger partial charge >= 0.3 is 6.09 Å². The molecule has 2 amide bonds. The highest BCUT2D eigenvalue weighted by Gasteiger charge is 2.55. The summed E-state index contributed by atoms with van der Waals surface area (Å²) >= 11 is 0. The van der Waals surface area contributed by atoms with Crippen molar-refractivity contribution in [2.45, 2.75) is 105 Å². The monoisotopic (exact) mass is 838 g/mol. The van der Waals surface area contributed by atoms with Crippen LogP contribution in [0.1, 0.15) is 24.0 Å². The van der Waals surface area contributed by atoms with Crippen LogP contribution in [-0.4, -0.2) is 179 Å². The van der Waals surface area contributed by atoms with E-state index in [1.54, 1.807) is 0 Å². The first kappa shape index (κ1) is 44.2. The fourth-order valence-electron chi connectivity index (χ4n) is 7.38. The standard InChI is InChI=1S/C37H46N2O20/c1-16(43)39-23-24(44)30(56-35-28(48)25(45)27(47)34(58-35)53-14-41)22(12-40)55-32(23)57-31-26(46)29(49)33(59-36(31)54-15-42)51-11-10-38-37(50)52-13-21-19-8-4-2-6-17(19)18-7-3-5-9-20(18)21/h2-9,14-15,21-36,40,44-49H,10-13H2,1H3,(H,38,50)(H,39,43)/t22?,23?,24-,25+,26-,27+,28?,29?,30-,31+,32-,33-,34?,35-,36?/m1/s1. The summed E-state index contributed by atoms with van der Waals surface area (Å²) in [6.45, 7) is -0.352. The Morgan fingerprint density at radius 3 is 1.90 bits per heavy atom. The molecule has 22 heteroatoms. The Hall–Kier alpha value is -4.40. The van der Waals surface area contributed by atoms with Crippen LogP contribution >= 0.6 is 0 Å². The lowest BCUT2D eigenvalue weighted by Crippen LogP contribution is -2.69. The first-order chi connectivity index (χ1) is 28.4. The van der Waals surface area contributed by atoms with Crippen LogP contribution in [-0.2, 0) is 57.0 Å². The van der Waals surface area contributed by atoms with Crippen LogP contribution < -0.4 is 10.6 Å². The summed E-state index contributed by atoms with van der Waals surface area (Å²) < 4.78 is 48.6. The average molecular weight is 839 g/mol. The van der Waals surface area contributed by atoms with Gasteiger partial charge in [0.15, 0.2) is 25.0 Å². The number of fused-ring (bicyclic) bond motifs is 3. The van der Waals surface area contributed by atoms with Gasteiger partial charge in [-0.25, -0.2) is 4.79 Å². The second kappa shape index (κ2) is 19.8. The van der Waals surface area contributed by atoms with Gasteiger partial charge in [0.1, 0.15) is 61.5 Å². The van der Waals surface area contributed by atoms with Gasteiger partial charge < -0.3 is 89.0 Å². The van der Waals surface area contributed by atoms with Crippen LogP contribution in [0.15, 0.2) is 48.5 Å². The van der Waals surface area contributed by atoms with Gasteiger partial charge in [0.05, 0.1) is 13.2 Å². The highest BCUT2D eigenvalue weighted by molar-refractivity contribution is 5.79. The zero-order valence-corrected chi connectivity index (χ0v) is 31.3. The first-order valence-electron chi connectivity index (χ1n) is 18.5. The molecule has 0 spiro atoms. The van der Waals surface area contributed by atoms with E-state index in [0.29, 0.717) is 0 Å². The van der Waals surface area contributed by atoms with Crippen molar-refractivity contribution in [1.82, 2.24) is 10.6 Å². The molecule has 9 N–H and O–H groups in total. The third kappa shape index (κ3) is 9.65. The van der Waals surface area contributed by atoms with E-state index in [4.69, 9.17) is 37.9 Å². The molecule has 6 unspecified atom stereocenters. The maximum Gasteiger partial charge on any atom is 0.407 e. The molecule has 3 aliphatic heterocycles. The molecule has 59 heavy (non-hydrogen) atoms. The topological polar surface area (TPSA) is 317 Å². The van der Waals surface area contributed by atoms with E-state index >= 15 is 0 Å². The molecule has 22 nitrogen and oxygen atoms in total. The largest absolute Gasteiger partial charge is 0.449 e. The second-order valence-corrected chi connectivity index (χ2v) is 13.9. The van der Waals surface area contributed by atoms with Gasteiger partial charge in [0.25, 0.3) is 12.9 Å². The van der Waals surface area contributed by atoms with Crippen molar-refractivity contribution in [3.05, 3.63) is 59.7 Å². The SMILES string of the molecule is CC(=O)NC1[C@@H](O[C@@H]2C(OC=O)O[C@@H](OCCNC(=O)OCC3c4ccccc4-c4ccccc43)C(O)[C@H]2O)OC(CO)[C@@H](O[C@@H]2OC(OC=O)[C@@H](O)[C@H](O)C2O)[C@@H]1O. The van der Waals surface area contributed by atoms with Crippen molar-refractivity contribution in [1.29, 1.82) is 0 Å². The third-order valence-corrected chi connectivity index (χ3v) is 10.2. The van der Waals surface area contributed by atoms with Gasteiger partial charge in [-0.2, -0.15) is 0 Å². The van der Waals surface area contributed by atoms with Gasteiger partial charge in [-0.05, 0) is 22.3 Å².